The topological polar surface area (TPSA) is 108 Å². The third-order valence-corrected chi connectivity index (χ3v) is 3.82. The largest absolute Gasteiger partial charge is 0.495 e. The standard InChI is InChI=1S/C11H16N2O5S/c1-17-10-4-3-8(7-9(10)12)19(15,16)13-6-5-11(14)18-2/h3-4,7,13H,5-6,12H2,1-2H3. The SMILES string of the molecule is COC(=O)CCNS(=O)(=O)c1ccc(OC)c(N)c1. The van der Waals surface area contributed by atoms with Gasteiger partial charge in [0.05, 0.1) is 31.2 Å². The van der Waals surface area contributed by atoms with Gasteiger partial charge in [-0.1, -0.05) is 0 Å². The molecule has 0 heterocycles. The summed E-state index contributed by atoms with van der Waals surface area (Å²) in [4.78, 5) is 10.9. The van der Waals surface area contributed by atoms with E-state index in [1.807, 2.05) is 0 Å². The molecule has 8 heteroatoms. The van der Waals surface area contributed by atoms with E-state index in [1.165, 1.54) is 32.4 Å². The van der Waals surface area contributed by atoms with Gasteiger partial charge in [-0.3, -0.25) is 4.79 Å². The fourth-order valence-electron chi connectivity index (χ4n) is 1.35. The average molecular weight is 288 g/mol. The van der Waals surface area contributed by atoms with Crippen LogP contribution >= 0.6 is 0 Å². The van der Waals surface area contributed by atoms with E-state index in [2.05, 4.69) is 9.46 Å². The number of nitrogens with two attached hydrogens (primary N) is 1. The Kier molecular flexibility index (Phi) is 5.13. The lowest BCUT2D eigenvalue weighted by Crippen LogP contribution is -2.26. The Bertz CT molecular complexity index is 556. The maximum Gasteiger partial charge on any atom is 0.306 e. The van der Waals surface area contributed by atoms with Gasteiger partial charge in [-0.15, -0.1) is 0 Å². The van der Waals surface area contributed by atoms with E-state index < -0.39 is 16.0 Å². The van der Waals surface area contributed by atoms with Crippen molar-refractivity contribution >= 4 is 21.7 Å². The number of anilines is 1. The van der Waals surface area contributed by atoms with Gasteiger partial charge in [-0.05, 0) is 18.2 Å². The van der Waals surface area contributed by atoms with Crippen LogP contribution in [-0.2, 0) is 19.6 Å². The molecule has 1 aromatic carbocycles. The van der Waals surface area contributed by atoms with E-state index in [-0.39, 0.29) is 23.5 Å². The second-order valence-corrected chi connectivity index (χ2v) is 5.39. The quantitative estimate of drug-likeness (QED) is 0.568. The van der Waals surface area contributed by atoms with Crippen molar-refractivity contribution in [2.24, 2.45) is 0 Å². The number of esters is 1. The zero-order chi connectivity index (χ0) is 14.5. The van der Waals surface area contributed by atoms with Gasteiger partial charge in [-0.25, -0.2) is 13.1 Å². The van der Waals surface area contributed by atoms with E-state index >= 15 is 0 Å². The first-order valence-corrected chi connectivity index (χ1v) is 6.89. The zero-order valence-corrected chi connectivity index (χ0v) is 11.5. The molecular formula is C11H16N2O5S. The maximum absolute atomic E-state index is 11.9. The number of hydrogen-bond acceptors (Lipinski definition) is 6. The second kappa shape index (κ2) is 6.39. The predicted octanol–water partition coefficient (Wildman–Crippen LogP) is 0.119. The molecule has 7 nitrogen and oxygen atoms in total. The third-order valence-electron chi connectivity index (χ3n) is 2.36. The number of rotatable bonds is 6. The number of benzene rings is 1. The Morgan fingerprint density at radius 2 is 2.05 bits per heavy atom. The van der Waals surface area contributed by atoms with Gasteiger partial charge in [0.2, 0.25) is 10.0 Å². The predicted molar refractivity (Wildman–Crippen MR) is 69.2 cm³/mol. The van der Waals surface area contributed by atoms with Crippen LogP contribution in [-0.4, -0.2) is 35.2 Å². The second-order valence-electron chi connectivity index (χ2n) is 3.63. The summed E-state index contributed by atoms with van der Waals surface area (Å²) >= 11 is 0. The van der Waals surface area contributed by atoms with Gasteiger partial charge in [0.15, 0.2) is 0 Å². The fraction of sp³-hybridized carbons (Fsp3) is 0.364. The Labute approximate surface area is 111 Å². The van der Waals surface area contributed by atoms with Gasteiger partial charge in [0.25, 0.3) is 0 Å². The lowest BCUT2D eigenvalue weighted by atomic mass is 10.3. The molecule has 0 spiro atoms. The normalized spacial score (nSPS) is 11.1. The Morgan fingerprint density at radius 3 is 2.58 bits per heavy atom. The summed E-state index contributed by atoms with van der Waals surface area (Å²) in [6.07, 6.45) is -0.0403. The van der Waals surface area contributed by atoms with E-state index in [0.717, 1.165) is 0 Å². The molecule has 0 fully saturated rings. The summed E-state index contributed by atoms with van der Waals surface area (Å²) in [7, 11) is -1.03. The van der Waals surface area contributed by atoms with Gasteiger partial charge in [0, 0.05) is 6.54 Å². The Morgan fingerprint density at radius 1 is 1.37 bits per heavy atom. The van der Waals surface area contributed by atoms with Crippen molar-refractivity contribution in [3.05, 3.63) is 18.2 Å². The number of carbonyl (C=O) groups is 1. The van der Waals surface area contributed by atoms with Crippen LogP contribution in [0.25, 0.3) is 0 Å². The van der Waals surface area contributed by atoms with Crippen molar-refractivity contribution < 1.29 is 22.7 Å². The number of methoxy groups -OCH3 is 2. The molecule has 0 saturated heterocycles. The van der Waals surface area contributed by atoms with Crippen LogP contribution in [0.4, 0.5) is 5.69 Å². The molecule has 0 unspecified atom stereocenters. The average Bonchev–Trinajstić information content (AvgIpc) is 2.38. The first kappa shape index (κ1) is 15.3. The molecule has 0 aromatic heterocycles. The van der Waals surface area contributed by atoms with Crippen LogP contribution in [0.15, 0.2) is 23.1 Å². The van der Waals surface area contributed by atoms with Crippen LogP contribution in [0.2, 0.25) is 0 Å². The molecule has 3 N–H and O–H groups in total. The Balaban J connectivity index is 2.77. The summed E-state index contributed by atoms with van der Waals surface area (Å²) in [5, 5.41) is 0. The number of hydrogen-bond donors (Lipinski definition) is 2. The summed E-state index contributed by atoms with van der Waals surface area (Å²) in [6.45, 7) is -0.0407. The van der Waals surface area contributed by atoms with E-state index in [0.29, 0.717) is 5.75 Å². The highest BCUT2D eigenvalue weighted by Gasteiger charge is 2.15. The van der Waals surface area contributed by atoms with Crippen molar-refractivity contribution in [3.8, 4) is 5.75 Å². The minimum atomic E-state index is -3.70. The number of sulfonamides is 1. The molecule has 0 aliphatic rings. The summed E-state index contributed by atoms with van der Waals surface area (Å²) < 4.78 is 35.4. The number of nitrogen functional groups attached to an aromatic ring is 1. The lowest BCUT2D eigenvalue weighted by Gasteiger charge is -2.09. The molecule has 0 saturated carbocycles. The first-order chi connectivity index (χ1) is 8.90. The van der Waals surface area contributed by atoms with Gasteiger partial charge in [0.1, 0.15) is 5.75 Å². The molecule has 0 bridgehead atoms. The number of carbonyl (C=O) groups excluding carboxylic acids is 1. The summed E-state index contributed by atoms with van der Waals surface area (Å²) in [6, 6.07) is 4.12. The molecule has 1 aromatic rings. The van der Waals surface area contributed by atoms with E-state index in [1.54, 1.807) is 0 Å². The van der Waals surface area contributed by atoms with Gasteiger partial charge < -0.3 is 15.2 Å². The summed E-state index contributed by atoms with van der Waals surface area (Å²) in [5.74, 6) is -0.0922. The minimum Gasteiger partial charge on any atom is -0.495 e. The molecule has 0 amide bonds. The third kappa shape index (κ3) is 4.11. The Hall–Kier alpha value is -1.80. The lowest BCUT2D eigenvalue weighted by molar-refractivity contribution is -0.140. The minimum absolute atomic E-state index is 0.00988. The molecular weight excluding hydrogens is 272 g/mol. The fourth-order valence-corrected chi connectivity index (χ4v) is 2.42. The molecule has 0 radical (unpaired) electrons. The summed E-state index contributed by atoms with van der Waals surface area (Å²) in [5.41, 5.74) is 5.86. The van der Waals surface area contributed by atoms with Gasteiger partial charge >= 0.3 is 5.97 Å². The van der Waals surface area contributed by atoms with E-state index in [9.17, 15) is 13.2 Å². The van der Waals surface area contributed by atoms with Crippen molar-refractivity contribution in [1.82, 2.24) is 4.72 Å². The highest BCUT2D eigenvalue weighted by atomic mass is 32.2. The van der Waals surface area contributed by atoms with Gasteiger partial charge in [-0.2, -0.15) is 0 Å². The monoisotopic (exact) mass is 288 g/mol. The number of ether oxygens (including phenoxy) is 2. The van der Waals surface area contributed by atoms with Crippen LogP contribution in [0, 0.1) is 0 Å². The van der Waals surface area contributed by atoms with Crippen molar-refractivity contribution in [2.45, 2.75) is 11.3 Å². The van der Waals surface area contributed by atoms with Crippen LogP contribution in [0.1, 0.15) is 6.42 Å². The van der Waals surface area contributed by atoms with Crippen LogP contribution < -0.4 is 15.2 Å². The van der Waals surface area contributed by atoms with Crippen LogP contribution in [0.3, 0.4) is 0 Å². The molecule has 0 aliphatic carbocycles. The molecule has 0 atom stereocenters. The van der Waals surface area contributed by atoms with E-state index in [4.69, 9.17) is 10.5 Å². The smallest absolute Gasteiger partial charge is 0.306 e. The zero-order valence-electron chi connectivity index (χ0n) is 10.7. The molecule has 19 heavy (non-hydrogen) atoms. The maximum atomic E-state index is 11.9. The van der Waals surface area contributed by atoms with Crippen molar-refractivity contribution in [2.75, 3.05) is 26.5 Å². The van der Waals surface area contributed by atoms with Crippen molar-refractivity contribution in [3.63, 3.8) is 0 Å². The van der Waals surface area contributed by atoms with Crippen molar-refractivity contribution in [1.29, 1.82) is 0 Å². The molecule has 106 valence electrons. The molecule has 0 aliphatic heterocycles. The number of nitrogens with one attached hydrogen (secondary N) is 1. The highest BCUT2D eigenvalue weighted by molar-refractivity contribution is 7.89. The molecule has 1 rings (SSSR count). The first-order valence-electron chi connectivity index (χ1n) is 5.40. The van der Waals surface area contributed by atoms with Crippen LogP contribution in [0.5, 0.6) is 5.75 Å². The highest BCUT2D eigenvalue weighted by Crippen LogP contribution is 2.24.